The van der Waals surface area contributed by atoms with Gasteiger partial charge in [-0.05, 0) is 45.3 Å². The molecule has 49 heteroatoms. The molecule has 14 heterocycles. The zero-order chi connectivity index (χ0) is 75.1. The molecule has 16 N–H and O–H groups in total. The van der Waals surface area contributed by atoms with E-state index in [-0.39, 0.29) is 57.0 Å². The van der Waals surface area contributed by atoms with Crippen LogP contribution in [0.2, 0.25) is 0 Å². The van der Waals surface area contributed by atoms with Crippen molar-refractivity contribution in [3.05, 3.63) is 64.6 Å². The largest absolute Gasteiger partial charge is 0.472 e. The second-order valence-electron chi connectivity index (χ2n) is 24.4. The Balaban J connectivity index is 0.000000176. The van der Waals surface area contributed by atoms with E-state index in [2.05, 4.69) is 106 Å². The van der Waals surface area contributed by atoms with Gasteiger partial charge in [0.05, 0.1) is 63.4 Å². The molecule has 4 bridgehead atoms. The molecule has 45 nitrogen and oxygen atoms in total. The van der Waals surface area contributed by atoms with E-state index in [1.54, 1.807) is 24.5 Å². The fourth-order valence-electron chi connectivity index (χ4n) is 12.6. The number of nitrogen functional groups attached to an aromatic ring is 4. The van der Waals surface area contributed by atoms with Gasteiger partial charge in [0.15, 0.2) is 58.3 Å². The average Bonchev–Trinajstić information content (AvgIpc) is 1.64. The number of aliphatic hydroxyl groups excluding tert-OH is 2. The maximum atomic E-state index is 13.4. The van der Waals surface area contributed by atoms with Gasteiger partial charge < -0.3 is 86.0 Å². The van der Waals surface area contributed by atoms with Crippen LogP contribution in [-0.4, -0.2) is 239 Å². The first-order valence-corrected chi connectivity index (χ1v) is 38.8. The van der Waals surface area contributed by atoms with Crippen LogP contribution in [0.3, 0.4) is 0 Å². The van der Waals surface area contributed by atoms with E-state index in [9.17, 15) is 57.6 Å². The van der Waals surface area contributed by atoms with Gasteiger partial charge in [-0.2, -0.15) is 9.97 Å². The van der Waals surface area contributed by atoms with Crippen LogP contribution in [0.25, 0.3) is 44.5 Å². The van der Waals surface area contributed by atoms with Crippen molar-refractivity contribution in [1.82, 2.24) is 82.9 Å². The highest BCUT2D eigenvalue weighted by Gasteiger charge is 2.56. The summed E-state index contributed by atoms with van der Waals surface area (Å²) in [6.45, 7) is 20.9. The summed E-state index contributed by atoms with van der Waals surface area (Å²) in [5, 5.41) is 22.1. The third-order valence-corrected chi connectivity index (χ3v) is 22.1. The number of aromatic nitrogens is 15. The van der Waals surface area contributed by atoms with Crippen LogP contribution in [0, 0.1) is 11.8 Å². The zero-order valence-corrected chi connectivity index (χ0v) is 60.8. The van der Waals surface area contributed by atoms with Gasteiger partial charge in [0.25, 0.3) is 11.1 Å². The molecule has 8 aromatic heterocycles. The molecule has 104 heavy (non-hydrogen) atoms. The van der Waals surface area contributed by atoms with Crippen molar-refractivity contribution in [2.75, 3.05) is 88.6 Å². The van der Waals surface area contributed by atoms with Gasteiger partial charge in [-0.3, -0.25) is 69.4 Å². The zero-order valence-electron chi connectivity index (χ0n) is 57.2. The lowest BCUT2D eigenvalue weighted by Crippen LogP contribution is -2.36. The first kappa shape index (κ1) is 78.3. The fraction of sp³-hybridized carbons (Fsp3) is 0.618. The molecule has 0 aromatic carbocycles. The van der Waals surface area contributed by atoms with Crippen molar-refractivity contribution in [2.45, 2.75) is 141 Å². The number of hydrogen-bond acceptors (Lipinski definition) is 35. The van der Waals surface area contributed by atoms with E-state index < -0.39 is 167 Å². The topological polar surface area (TPSA) is 612 Å². The number of nitrogens with one attached hydrogen (secondary N) is 2. The number of hydrogen-bond donors (Lipinski definition) is 12. The highest BCUT2D eigenvalue weighted by atomic mass is 31.2. The summed E-state index contributed by atoms with van der Waals surface area (Å²) in [6.07, 6.45) is -11.5. The molecule has 0 saturated carbocycles. The number of aliphatic hydroxyl groups is 2. The number of anilines is 4. The Bertz CT molecular complexity index is 4360. The van der Waals surface area contributed by atoms with Gasteiger partial charge in [0, 0.05) is 18.0 Å². The Morgan fingerprint density at radius 1 is 0.462 bits per heavy atom. The number of nitrogens with two attached hydrogens (primary N) is 4. The number of ether oxygens (including phenoxy) is 4. The smallest absolute Gasteiger partial charge is 0.387 e. The number of rotatable bonds is 10. The molecule has 8 aromatic rings. The van der Waals surface area contributed by atoms with E-state index in [4.69, 9.17) is 78.1 Å². The number of aromatic amines is 2. The number of imidazole rings is 4. The first-order chi connectivity index (χ1) is 49.3. The highest BCUT2D eigenvalue weighted by Crippen LogP contribution is 2.57. The molecule has 0 spiro atoms. The Kier molecular flexibility index (Phi) is 24.0. The SMILES string of the molecule is CCN(CC)CC.CCN(CC)CC.C[C@@H]1[C@@H]2OP(=O)(O)OC[C@H]3O[C@@H](n4cnc5c(=O)[nH]c(N)nc54)[C@H](OP(=O)(O)OC[C@H]2O[C@H]1n1cnc2c(N)nccc21)[C@@H]3C.Nc1nc2c(ncn2[C@@H]2O[C@@H]3COP(=O)(O)O[C@H]4[C@@H](O)[C@H](n5cnc6c(N)ncnc65)O[C@@H]4COP(=O)(O)O[C@@H]2[C@@H]3O)c(=O)[nH]1. The minimum atomic E-state index is -5.11. The lowest BCUT2D eigenvalue weighted by Gasteiger charge is -2.26. The number of phosphoric ester groups is 4. The summed E-state index contributed by atoms with van der Waals surface area (Å²) >= 11 is 0. The maximum Gasteiger partial charge on any atom is 0.472 e. The van der Waals surface area contributed by atoms with E-state index >= 15 is 0 Å². The van der Waals surface area contributed by atoms with E-state index in [1.165, 1.54) is 73.6 Å². The third kappa shape index (κ3) is 16.7. The van der Waals surface area contributed by atoms with E-state index in [1.807, 2.05) is 0 Å². The molecule has 0 amide bonds. The lowest BCUT2D eigenvalue weighted by molar-refractivity contribution is -0.0672. The first-order valence-electron chi connectivity index (χ1n) is 32.8. The van der Waals surface area contributed by atoms with E-state index in [0.717, 1.165) is 17.2 Å². The van der Waals surface area contributed by atoms with E-state index in [0.29, 0.717) is 11.0 Å². The van der Waals surface area contributed by atoms with Crippen LogP contribution in [0.1, 0.15) is 80.3 Å². The molecular formula is C55H83N21O24P4. The maximum absolute atomic E-state index is 13.4. The predicted octanol–water partition coefficient (Wildman–Crippen LogP) is 1.17. The number of pyridine rings is 1. The third-order valence-electron chi connectivity index (χ3n) is 18.2. The van der Waals surface area contributed by atoms with Gasteiger partial charge in [-0.25, -0.2) is 53.1 Å². The summed E-state index contributed by atoms with van der Waals surface area (Å²) in [6, 6.07) is 1.67. The summed E-state index contributed by atoms with van der Waals surface area (Å²) in [4.78, 5) is 113. The van der Waals surface area contributed by atoms with Crippen LogP contribution in [-0.2, 0) is 73.4 Å². The van der Waals surface area contributed by atoms with Crippen molar-refractivity contribution in [3.8, 4) is 0 Å². The molecular weight excluding hydrogens is 1460 g/mol. The van der Waals surface area contributed by atoms with Gasteiger partial charge >= 0.3 is 31.3 Å². The predicted molar refractivity (Wildman–Crippen MR) is 362 cm³/mol. The van der Waals surface area contributed by atoms with Gasteiger partial charge in [0.1, 0.15) is 78.5 Å². The van der Waals surface area contributed by atoms with Gasteiger partial charge in [0.2, 0.25) is 11.9 Å². The van der Waals surface area contributed by atoms with Crippen molar-refractivity contribution in [3.63, 3.8) is 0 Å². The molecule has 14 rings (SSSR count). The molecule has 0 radical (unpaired) electrons. The fourth-order valence-corrected chi connectivity index (χ4v) is 16.5. The van der Waals surface area contributed by atoms with Crippen LogP contribution in [0.4, 0.5) is 23.5 Å². The quantitative estimate of drug-likeness (QED) is 0.0855. The van der Waals surface area contributed by atoms with Gasteiger partial charge in [-0.15, -0.1) is 0 Å². The minimum absolute atomic E-state index is 0.0152. The van der Waals surface area contributed by atoms with Crippen molar-refractivity contribution in [1.29, 1.82) is 0 Å². The lowest BCUT2D eigenvalue weighted by atomic mass is 10.0. The molecule has 0 aliphatic carbocycles. The normalized spacial score (nSPS) is 34.0. The van der Waals surface area contributed by atoms with Crippen molar-refractivity contribution >= 4 is 99.3 Å². The van der Waals surface area contributed by atoms with Crippen LogP contribution in [0.5, 0.6) is 0 Å². The highest BCUT2D eigenvalue weighted by molar-refractivity contribution is 7.48. The Morgan fingerprint density at radius 2 is 0.865 bits per heavy atom. The summed E-state index contributed by atoms with van der Waals surface area (Å²) < 4.78 is 125. The molecule has 6 fully saturated rings. The number of nitrogens with zero attached hydrogens (tertiary/aromatic N) is 15. The molecule has 20 atom stereocenters. The average molecular weight is 1550 g/mol. The summed E-state index contributed by atoms with van der Waals surface area (Å²) in [7, 11) is -19.8. The van der Waals surface area contributed by atoms with Crippen LogP contribution < -0.4 is 34.1 Å². The molecule has 6 aliphatic rings. The standard InChI is InChI=1S/C23H29N9O11P2.C20H24N10O13P2.2C6H15N/c1-9-12-5-38-44(34,35)42-16-10(2)21(31-7-27-14-11(31)3-4-26-18(14)24)41-13(16)6-39-45(36,37)43-17(9)22(40-12)32-8-28-15-19(32)29-23(25)30-20(15)33;21-14-8-15(24-3-23-14)29(4-25-8)18-11(32)12-7(41-18)2-39-45(36,37)43-13-10(31)6(1-38-44(34,35)42-12)40-19(13)30-5-26-9-16(30)27-20(22)28-17(9)33;2*1-4-7(5-2)6-3/h3-4,7-10,12-13,16-17,21-22H,5-6H2,1-2H3,(H2,24,26)(H,34,35)(H,36,37)(H3,25,29,30,33);3-7,10-13,18-19,31-32H,1-2H2,(H,34,35)(H,36,37)(H2,21,23,24)(H3,22,27,28,33);2*4-6H2,1-3H3/t9-,10-,12-,13-,16+,17-,21-,22-;6-,7-,10-,11-,12-,13-,18-,19-;;/m11../s1. The van der Waals surface area contributed by atoms with Crippen LogP contribution in [0.15, 0.2) is 53.5 Å². The Hall–Kier alpha value is -6.81. The molecule has 6 saturated heterocycles. The number of phosphoric acid groups is 4. The van der Waals surface area contributed by atoms with Gasteiger partial charge in [-0.1, -0.05) is 55.4 Å². The summed E-state index contributed by atoms with van der Waals surface area (Å²) in [5.41, 5.74) is 22.8. The minimum Gasteiger partial charge on any atom is -0.387 e. The second kappa shape index (κ2) is 31.9. The summed E-state index contributed by atoms with van der Waals surface area (Å²) in [5.74, 6) is -1.58. The monoisotopic (exact) mass is 1550 g/mol. The second-order valence-corrected chi connectivity index (χ2v) is 30.0. The van der Waals surface area contributed by atoms with Crippen LogP contribution >= 0.6 is 31.3 Å². The van der Waals surface area contributed by atoms with Crippen molar-refractivity contribution < 1.29 is 103 Å². The Labute approximate surface area is 589 Å². The molecule has 572 valence electrons. The number of H-pyrrole nitrogens is 2. The van der Waals surface area contributed by atoms with Crippen molar-refractivity contribution in [2.24, 2.45) is 11.8 Å². The molecule has 6 aliphatic heterocycles. The number of fused-ring (bicyclic) bond motifs is 10. The molecule has 4 unspecified atom stereocenters. The Morgan fingerprint density at radius 3 is 1.39 bits per heavy atom.